The van der Waals surface area contributed by atoms with Crippen molar-refractivity contribution in [1.82, 2.24) is 5.32 Å². The van der Waals surface area contributed by atoms with Crippen LogP contribution < -0.4 is 14.8 Å². The molecule has 1 aromatic carbocycles. The highest BCUT2D eigenvalue weighted by atomic mass is 16.5. The zero-order chi connectivity index (χ0) is 15.8. The molecule has 6 heteroatoms. The Morgan fingerprint density at radius 1 is 1.24 bits per heavy atom. The Hall–Kier alpha value is -2.24. The average Bonchev–Trinajstić information content (AvgIpc) is 2.44. The minimum atomic E-state index is -0.872. The Balaban J connectivity index is 2.64. The largest absolute Gasteiger partial charge is 0.496 e. The number of carboxylic acids is 1. The Kier molecular flexibility index (Phi) is 6.52. The van der Waals surface area contributed by atoms with Gasteiger partial charge >= 0.3 is 5.97 Å². The molecule has 0 spiro atoms. The minimum Gasteiger partial charge on any atom is -0.496 e. The fourth-order valence-electron chi connectivity index (χ4n) is 1.98. The second kappa shape index (κ2) is 8.14. The van der Waals surface area contributed by atoms with Crippen LogP contribution in [0.5, 0.6) is 11.5 Å². The molecule has 0 heterocycles. The van der Waals surface area contributed by atoms with Gasteiger partial charge in [0, 0.05) is 18.5 Å². The Morgan fingerprint density at radius 3 is 2.29 bits per heavy atom. The number of ether oxygens (including phenoxy) is 2. The van der Waals surface area contributed by atoms with Gasteiger partial charge in [0.1, 0.15) is 11.5 Å². The second-order valence-electron chi connectivity index (χ2n) is 4.82. The first-order valence-corrected chi connectivity index (χ1v) is 6.66. The van der Waals surface area contributed by atoms with Crippen molar-refractivity contribution in [1.29, 1.82) is 0 Å². The molecule has 1 amide bonds. The third-order valence-electron chi connectivity index (χ3n) is 3.04. The molecule has 0 bridgehead atoms. The van der Waals surface area contributed by atoms with Crippen LogP contribution in [0.15, 0.2) is 18.2 Å². The first-order chi connectivity index (χ1) is 9.97. The molecule has 2 N–H and O–H groups in total. The van der Waals surface area contributed by atoms with Gasteiger partial charge in [0.25, 0.3) is 0 Å². The molecule has 116 valence electrons. The summed E-state index contributed by atoms with van der Waals surface area (Å²) in [6.07, 6.45) is 0.144. The first-order valence-electron chi connectivity index (χ1n) is 6.66. The number of benzene rings is 1. The highest BCUT2D eigenvalue weighted by Gasteiger charge is 2.15. The molecule has 1 unspecified atom stereocenters. The molecule has 0 saturated carbocycles. The van der Waals surface area contributed by atoms with E-state index < -0.39 is 5.97 Å². The summed E-state index contributed by atoms with van der Waals surface area (Å²) in [4.78, 5) is 22.5. The van der Waals surface area contributed by atoms with E-state index in [1.807, 2.05) is 0 Å². The minimum absolute atomic E-state index is 0.0261. The van der Waals surface area contributed by atoms with Crippen molar-refractivity contribution >= 4 is 11.9 Å². The third-order valence-corrected chi connectivity index (χ3v) is 3.04. The molecule has 1 atom stereocenters. The van der Waals surface area contributed by atoms with E-state index in [1.54, 1.807) is 25.1 Å². The molecule has 0 saturated heterocycles. The van der Waals surface area contributed by atoms with Gasteiger partial charge < -0.3 is 19.9 Å². The Labute approximate surface area is 124 Å². The van der Waals surface area contributed by atoms with Gasteiger partial charge in [0.2, 0.25) is 5.91 Å². The van der Waals surface area contributed by atoms with Gasteiger partial charge in [-0.2, -0.15) is 0 Å². The SMILES string of the molecule is COc1cccc(OC)c1CC(=O)NCC(C)CC(=O)O. The second-order valence-corrected chi connectivity index (χ2v) is 4.82. The summed E-state index contributed by atoms with van der Waals surface area (Å²) < 4.78 is 10.5. The molecule has 1 rings (SSSR count). The van der Waals surface area contributed by atoms with Crippen molar-refractivity contribution in [2.24, 2.45) is 5.92 Å². The van der Waals surface area contributed by atoms with Gasteiger partial charge in [-0.1, -0.05) is 13.0 Å². The number of nitrogens with one attached hydrogen (secondary N) is 1. The predicted molar refractivity (Wildman–Crippen MR) is 77.7 cm³/mol. The van der Waals surface area contributed by atoms with Crippen LogP contribution in [-0.2, 0) is 16.0 Å². The van der Waals surface area contributed by atoms with Gasteiger partial charge in [-0.3, -0.25) is 9.59 Å². The lowest BCUT2D eigenvalue weighted by Crippen LogP contribution is -2.30. The fraction of sp³-hybridized carbons (Fsp3) is 0.467. The van der Waals surface area contributed by atoms with Crippen LogP contribution in [-0.4, -0.2) is 37.7 Å². The van der Waals surface area contributed by atoms with Crippen molar-refractivity contribution in [2.45, 2.75) is 19.8 Å². The van der Waals surface area contributed by atoms with E-state index >= 15 is 0 Å². The highest BCUT2D eigenvalue weighted by molar-refractivity contribution is 5.80. The molecular weight excluding hydrogens is 274 g/mol. The summed E-state index contributed by atoms with van der Waals surface area (Å²) in [6, 6.07) is 5.31. The molecule has 6 nitrogen and oxygen atoms in total. The molecule has 0 aliphatic carbocycles. The number of hydrogen-bond donors (Lipinski definition) is 2. The molecule has 0 aliphatic rings. The van der Waals surface area contributed by atoms with Crippen LogP contribution in [0.4, 0.5) is 0 Å². The van der Waals surface area contributed by atoms with Crippen molar-refractivity contribution < 1.29 is 24.2 Å². The van der Waals surface area contributed by atoms with Crippen molar-refractivity contribution in [2.75, 3.05) is 20.8 Å². The van der Waals surface area contributed by atoms with E-state index in [0.717, 1.165) is 0 Å². The van der Waals surface area contributed by atoms with Crippen LogP contribution in [0.1, 0.15) is 18.9 Å². The lowest BCUT2D eigenvalue weighted by Gasteiger charge is -2.14. The quantitative estimate of drug-likeness (QED) is 0.758. The maximum Gasteiger partial charge on any atom is 0.303 e. The van der Waals surface area contributed by atoms with Crippen molar-refractivity contribution in [3.8, 4) is 11.5 Å². The summed E-state index contributed by atoms with van der Waals surface area (Å²) in [6.45, 7) is 2.10. The van der Waals surface area contributed by atoms with E-state index in [9.17, 15) is 9.59 Å². The van der Waals surface area contributed by atoms with E-state index in [4.69, 9.17) is 14.6 Å². The first kappa shape index (κ1) is 16.8. The number of amides is 1. The maximum absolute atomic E-state index is 12.0. The van der Waals surface area contributed by atoms with Crippen molar-refractivity contribution in [3.63, 3.8) is 0 Å². The Morgan fingerprint density at radius 2 is 1.81 bits per heavy atom. The maximum atomic E-state index is 12.0. The van der Waals surface area contributed by atoms with Crippen LogP contribution in [0, 0.1) is 5.92 Å². The van der Waals surface area contributed by atoms with Crippen LogP contribution >= 0.6 is 0 Å². The average molecular weight is 295 g/mol. The lowest BCUT2D eigenvalue weighted by molar-refractivity contribution is -0.138. The summed E-state index contributed by atoms with van der Waals surface area (Å²) >= 11 is 0. The molecule has 0 aliphatic heterocycles. The van der Waals surface area contributed by atoms with E-state index in [1.165, 1.54) is 14.2 Å². The molecule has 1 aromatic rings. The van der Waals surface area contributed by atoms with Gasteiger partial charge in [-0.05, 0) is 18.1 Å². The van der Waals surface area contributed by atoms with E-state index in [0.29, 0.717) is 23.6 Å². The van der Waals surface area contributed by atoms with Crippen LogP contribution in [0.25, 0.3) is 0 Å². The number of carboxylic acid groups (broad SMARTS) is 1. The zero-order valence-corrected chi connectivity index (χ0v) is 12.5. The molecule has 0 radical (unpaired) electrons. The number of rotatable bonds is 8. The van der Waals surface area contributed by atoms with E-state index in [-0.39, 0.29) is 24.7 Å². The summed E-state index contributed by atoms with van der Waals surface area (Å²) in [7, 11) is 3.07. The van der Waals surface area contributed by atoms with Gasteiger partial charge in [-0.25, -0.2) is 0 Å². The van der Waals surface area contributed by atoms with Gasteiger partial charge in [0.05, 0.1) is 20.6 Å². The third kappa shape index (κ3) is 5.33. The Bertz CT molecular complexity index is 479. The van der Waals surface area contributed by atoms with Crippen molar-refractivity contribution in [3.05, 3.63) is 23.8 Å². The molecule has 21 heavy (non-hydrogen) atoms. The summed E-state index contributed by atoms with van der Waals surface area (Å²) in [5.41, 5.74) is 0.672. The highest BCUT2D eigenvalue weighted by Crippen LogP contribution is 2.28. The monoisotopic (exact) mass is 295 g/mol. The standard InChI is InChI=1S/C15H21NO5/c1-10(7-15(18)19)9-16-14(17)8-11-12(20-2)5-4-6-13(11)21-3/h4-6,10H,7-9H2,1-3H3,(H,16,17)(H,18,19). The number of aliphatic carboxylic acids is 1. The molecule has 0 fully saturated rings. The molecular formula is C15H21NO5. The van der Waals surface area contributed by atoms with Gasteiger partial charge in [-0.15, -0.1) is 0 Å². The topological polar surface area (TPSA) is 84.9 Å². The number of hydrogen-bond acceptors (Lipinski definition) is 4. The normalized spacial score (nSPS) is 11.6. The number of carbonyl (C=O) groups excluding carboxylic acids is 1. The van der Waals surface area contributed by atoms with Crippen LogP contribution in [0.3, 0.4) is 0 Å². The predicted octanol–water partition coefficient (Wildman–Crippen LogP) is 1.47. The number of methoxy groups -OCH3 is 2. The molecule has 0 aromatic heterocycles. The number of carbonyl (C=O) groups is 2. The summed E-state index contributed by atoms with van der Waals surface area (Å²) in [5.74, 6) is -0.0182. The lowest BCUT2D eigenvalue weighted by atomic mass is 10.1. The van der Waals surface area contributed by atoms with Gasteiger partial charge in [0.15, 0.2) is 0 Å². The van der Waals surface area contributed by atoms with Crippen LogP contribution in [0.2, 0.25) is 0 Å². The smallest absolute Gasteiger partial charge is 0.303 e. The fourth-order valence-corrected chi connectivity index (χ4v) is 1.98. The summed E-state index contributed by atoms with van der Waals surface area (Å²) in [5, 5.41) is 11.4. The zero-order valence-electron chi connectivity index (χ0n) is 12.5. The van der Waals surface area contributed by atoms with E-state index in [2.05, 4.69) is 5.32 Å².